The highest BCUT2D eigenvalue weighted by atomic mass is 16.5. The fourth-order valence-corrected chi connectivity index (χ4v) is 3.62. The zero-order chi connectivity index (χ0) is 14.6. The summed E-state index contributed by atoms with van der Waals surface area (Å²) in [6, 6.07) is -0.00674. The lowest BCUT2D eigenvalue weighted by molar-refractivity contribution is -0.149. The minimum Gasteiger partial charge on any atom is -0.469 e. The minimum atomic E-state index is -0.369. The van der Waals surface area contributed by atoms with Gasteiger partial charge in [0, 0.05) is 19.1 Å². The van der Waals surface area contributed by atoms with Crippen molar-refractivity contribution in [2.75, 3.05) is 20.2 Å². The predicted octanol–water partition coefficient (Wildman–Crippen LogP) is 1.45. The summed E-state index contributed by atoms with van der Waals surface area (Å²) in [7, 11) is 1.40. The van der Waals surface area contributed by atoms with E-state index in [-0.39, 0.29) is 23.3 Å². The molecule has 1 unspecified atom stereocenters. The molecule has 1 saturated heterocycles. The van der Waals surface area contributed by atoms with Crippen LogP contribution in [0, 0.1) is 5.41 Å². The summed E-state index contributed by atoms with van der Waals surface area (Å²) < 4.78 is 4.76. The molecule has 1 aliphatic heterocycles. The summed E-state index contributed by atoms with van der Waals surface area (Å²) in [6.45, 7) is 1.18. The molecule has 0 spiro atoms. The molecule has 2 rings (SSSR count). The number of rotatable bonds is 4. The van der Waals surface area contributed by atoms with Crippen LogP contribution in [0.15, 0.2) is 0 Å². The van der Waals surface area contributed by atoms with Gasteiger partial charge < -0.3 is 15.4 Å². The molecule has 0 aromatic carbocycles. The van der Waals surface area contributed by atoms with Crippen LogP contribution in [0.25, 0.3) is 0 Å². The van der Waals surface area contributed by atoms with Crippen molar-refractivity contribution in [1.82, 2.24) is 4.90 Å². The molecule has 1 heterocycles. The van der Waals surface area contributed by atoms with Crippen LogP contribution in [0.2, 0.25) is 0 Å². The third kappa shape index (κ3) is 2.97. The first kappa shape index (κ1) is 15.3. The highest BCUT2D eigenvalue weighted by Gasteiger charge is 2.44. The Hall–Kier alpha value is -1.10. The number of carbonyl (C=O) groups is 2. The quantitative estimate of drug-likeness (QED) is 0.792. The van der Waals surface area contributed by atoms with Gasteiger partial charge in [-0.2, -0.15) is 0 Å². The van der Waals surface area contributed by atoms with Gasteiger partial charge >= 0.3 is 5.97 Å². The van der Waals surface area contributed by atoms with E-state index in [2.05, 4.69) is 0 Å². The summed E-state index contributed by atoms with van der Waals surface area (Å²) in [4.78, 5) is 26.4. The highest BCUT2D eigenvalue weighted by molar-refractivity contribution is 5.84. The fourth-order valence-electron chi connectivity index (χ4n) is 3.62. The Bertz CT molecular complexity index is 364. The van der Waals surface area contributed by atoms with Crippen LogP contribution in [0.4, 0.5) is 0 Å². The van der Waals surface area contributed by atoms with Gasteiger partial charge in [-0.3, -0.25) is 9.59 Å². The molecule has 2 N–H and O–H groups in total. The summed E-state index contributed by atoms with van der Waals surface area (Å²) in [5, 5.41) is 0. The van der Waals surface area contributed by atoms with Crippen molar-refractivity contribution >= 4 is 11.9 Å². The molecule has 5 nitrogen and oxygen atoms in total. The molecular weight excluding hydrogens is 256 g/mol. The van der Waals surface area contributed by atoms with Gasteiger partial charge in [-0.05, 0) is 32.1 Å². The number of amides is 1. The van der Waals surface area contributed by atoms with Crippen molar-refractivity contribution in [3.05, 3.63) is 0 Å². The maximum atomic E-state index is 12.9. The van der Waals surface area contributed by atoms with Gasteiger partial charge in [-0.25, -0.2) is 0 Å². The largest absolute Gasteiger partial charge is 0.469 e. The molecule has 0 radical (unpaired) electrons. The first-order valence-electron chi connectivity index (χ1n) is 7.71. The van der Waals surface area contributed by atoms with E-state index in [9.17, 15) is 9.59 Å². The number of likely N-dealkylation sites (tertiary alicyclic amines) is 1. The third-order valence-electron chi connectivity index (χ3n) is 4.92. The van der Waals surface area contributed by atoms with Crippen LogP contribution >= 0.6 is 0 Å². The van der Waals surface area contributed by atoms with Crippen LogP contribution in [0.1, 0.15) is 51.4 Å². The number of carbonyl (C=O) groups excluding carboxylic acids is 2. The van der Waals surface area contributed by atoms with Gasteiger partial charge in [0.25, 0.3) is 0 Å². The smallest absolute Gasteiger partial charge is 0.307 e. The number of nitrogens with two attached hydrogens (primary N) is 1. The number of methoxy groups -OCH3 is 1. The van der Waals surface area contributed by atoms with Crippen molar-refractivity contribution in [2.24, 2.45) is 11.1 Å². The van der Waals surface area contributed by atoms with E-state index >= 15 is 0 Å². The van der Waals surface area contributed by atoms with Gasteiger partial charge in [-0.15, -0.1) is 0 Å². The van der Waals surface area contributed by atoms with Crippen LogP contribution in [-0.4, -0.2) is 43.0 Å². The van der Waals surface area contributed by atoms with Crippen molar-refractivity contribution in [3.63, 3.8) is 0 Å². The van der Waals surface area contributed by atoms with E-state index in [1.807, 2.05) is 4.90 Å². The molecule has 20 heavy (non-hydrogen) atoms. The Morgan fingerprint density at radius 1 is 1.25 bits per heavy atom. The zero-order valence-corrected chi connectivity index (χ0v) is 12.4. The van der Waals surface area contributed by atoms with Gasteiger partial charge in [0.1, 0.15) is 0 Å². The number of hydrogen-bond acceptors (Lipinski definition) is 4. The van der Waals surface area contributed by atoms with Crippen LogP contribution in [0.5, 0.6) is 0 Å². The van der Waals surface area contributed by atoms with Gasteiger partial charge in [0.2, 0.25) is 5.91 Å². The third-order valence-corrected chi connectivity index (χ3v) is 4.92. The molecule has 0 aromatic heterocycles. The van der Waals surface area contributed by atoms with Crippen LogP contribution < -0.4 is 5.73 Å². The SMILES string of the molecule is COC(=O)CC1CCCCN1C(=O)C1(CN)CCCC1. The Morgan fingerprint density at radius 3 is 2.55 bits per heavy atom. The van der Waals surface area contributed by atoms with E-state index in [0.717, 1.165) is 51.5 Å². The van der Waals surface area contributed by atoms with Gasteiger partial charge in [-0.1, -0.05) is 12.8 Å². The Morgan fingerprint density at radius 2 is 1.95 bits per heavy atom. The lowest BCUT2D eigenvalue weighted by atomic mass is 9.83. The molecule has 1 amide bonds. The summed E-state index contributed by atoms with van der Waals surface area (Å²) in [5.74, 6) is -0.0611. The average molecular weight is 282 g/mol. The maximum absolute atomic E-state index is 12.9. The second-order valence-corrected chi connectivity index (χ2v) is 6.12. The second kappa shape index (κ2) is 6.57. The van der Waals surface area contributed by atoms with Crippen molar-refractivity contribution in [1.29, 1.82) is 0 Å². The fraction of sp³-hybridized carbons (Fsp3) is 0.867. The molecule has 5 heteroatoms. The molecule has 2 fully saturated rings. The Kier molecular flexibility index (Phi) is 5.02. The highest BCUT2D eigenvalue weighted by Crippen LogP contribution is 2.40. The topological polar surface area (TPSA) is 72.6 Å². The first-order chi connectivity index (χ1) is 9.63. The number of hydrogen-bond donors (Lipinski definition) is 1. The average Bonchev–Trinajstić information content (AvgIpc) is 2.97. The number of ether oxygens (including phenoxy) is 1. The molecule has 0 bridgehead atoms. The Balaban J connectivity index is 2.10. The van der Waals surface area contributed by atoms with Crippen molar-refractivity contribution in [2.45, 2.75) is 57.4 Å². The van der Waals surface area contributed by atoms with Crippen molar-refractivity contribution < 1.29 is 14.3 Å². The van der Waals surface area contributed by atoms with Gasteiger partial charge in [0.05, 0.1) is 18.9 Å². The minimum absolute atomic E-state index is 0.00674. The molecular formula is C15H26N2O3. The number of esters is 1. The molecule has 1 aliphatic carbocycles. The molecule has 1 atom stereocenters. The lowest BCUT2D eigenvalue weighted by Crippen LogP contribution is -2.53. The Labute approximate surface area is 120 Å². The van der Waals surface area contributed by atoms with E-state index in [0.29, 0.717) is 13.0 Å². The van der Waals surface area contributed by atoms with E-state index in [1.165, 1.54) is 7.11 Å². The van der Waals surface area contributed by atoms with Gasteiger partial charge in [0.15, 0.2) is 0 Å². The van der Waals surface area contributed by atoms with Crippen LogP contribution in [0.3, 0.4) is 0 Å². The molecule has 0 aromatic rings. The van der Waals surface area contributed by atoms with E-state index in [4.69, 9.17) is 10.5 Å². The number of nitrogens with zero attached hydrogens (tertiary/aromatic N) is 1. The lowest BCUT2D eigenvalue weighted by Gasteiger charge is -2.40. The number of piperidine rings is 1. The van der Waals surface area contributed by atoms with E-state index in [1.54, 1.807) is 0 Å². The van der Waals surface area contributed by atoms with Crippen LogP contribution in [-0.2, 0) is 14.3 Å². The standard InChI is InChI=1S/C15H26N2O3/c1-20-13(18)10-12-6-2-5-9-17(12)14(19)15(11-16)7-3-4-8-15/h12H,2-11,16H2,1H3. The molecule has 2 aliphatic rings. The summed E-state index contributed by atoms with van der Waals surface area (Å²) >= 11 is 0. The van der Waals surface area contributed by atoms with E-state index < -0.39 is 0 Å². The normalized spacial score (nSPS) is 25.5. The summed E-state index contributed by atoms with van der Waals surface area (Å²) in [6.07, 6.45) is 7.24. The second-order valence-electron chi connectivity index (χ2n) is 6.12. The molecule has 114 valence electrons. The molecule has 1 saturated carbocycles. The predicted molar refractivity (Wildman–Crippen MR) is 75.9 cm³/mol. The maximum Gasteiger partial charge on any atom is 0.307 e. The van der Waals surface area contributed by atoms with Crippen molar-refractivity contribution in [3.8, 4) is 0 Å². The monoisotopic (exact) mass is 282 g/mol. The summed E-state index contributed by atoms with van der Waals surface area (Å²) in [5.41, 5.74) is 5.54. The first-order valence-corrected chi connectivity index (χ1v) is 7.71. The zero-order valence-electron chi connectivity index (χ0n) is 12.4.